The second kappa shape index (κ2) is 13.0. The van der Waals surface area contributed by atoms with Gasteiger partial charge < -0.3 is 9.84 Å². The van der Waals surface area contributed by atoms with Gasteiger partial charge in [0.15, 0.2) is 0 Å². The van der Waals surface area contributed by atoms with E-state index in [1.54, 1.807) is 18.2 Å². The van der Waals surface area contributed by atoms with Gasteiger partial charge in [-0.1, -0.05) is 63.6 Å². The summed E-state index contributed by atoms with van der Waals surface area (Å²) in [7, 11) is -4.30. The van der Waals surface area contributed by atoms with Gasteiger partial charge in [0.2, 0.25) is 0 Å². The van der Waals surface area contributed by atoms with Crippen molar-refractivity contribution in [3.05, 3.63) is 48.0 Å². The molecule has 0 saturated carbocycles. The van der Waals surface area contributed by atoms with Crippen molar-refractivity contribution in [3.8, 4) is 17.2 Å². The van der Waals surface area contributed by atoms with E-state index in [1.807, 2.05) is 0 Å². The van der Waals surface area contributed by atoms with Crippen LogP contribution >= 0.6 is 0 Å². The quantitative estimate of drug-likeness (QED) is 0.335. The summed E-state index contributed by atoms with van der Waals surface area (Å²) >= 11 is 0. The predicted octanol–water partition coefficient (Wildman–Crippen LogP) is 2.10. The molecule has 2 aromatic carbocycles. The average molecular weight is 431 g/mol. The Morgan fingerprint density at radius 1 is 0.964 bits per heavy atom. The van der Waals surface area contributed by atoms with Gasteiger partial charge >= 0.3 is 51.4 Å². The first-order valence-corrected chi connectivity index (χ1v) is 10.9. The number of rotatable bonds is 11. The normalized spacial score (nSPS) is 11.1. The van der Waals surface area contributed by atoms with Crippen molar-refractivity contribution in [1.82, 2.24) is 0 Å². The van der Waals surface area contributed by atoms with E-state index in [9.17, 15) is 13.5 Å². The summed E-state index contributed by atoms with van der Waals surface area (Å²) in [4.78, 5) is -0.244. The molecular weight excluding hydrogens is 403 g/mol. The third kappa shape index (κ3) is 8.53. The van der Waals surface area contributed by atoms with Crippen LogP contribution in [0.1, 0.15) is 57.4 Å². The molecule has 2 rings (SSSR count). The van der Waals surface area contributed by atoms with E-state index >= 15 is 0 Å². The van der Waals surface area contributed by atoms with E-state index in [1.165, 1.54) is 49.9 Å². The molecule has 0 spiro atoms. The molecule has 0 aromatic heterocycles. The molecule has 0 bridgehead atoms. The first-order valence-electron chi connectivity index (χ1n) is 9.46. The van der Waals surface area contributed by atoms with Crippen LogP contribution in [0.4, 0.5) is 0 Å². The molecule has 28 heavy (non-hydrogen) atoms. The second-order valence-corrected chi connectivity index (χ2v) is 8.08. The van der Waals surface area contributed by atoms with E-state index in [-0.39, 0.29) is 67.8 Å². The zero-order valence-electron chi connectivity index (χ0n) is 16.7. The summed E-state index contributed by atoms with van der Waals surface area (Å²) in [6.07, 6.45) is 8.73. The molecule has 0 amide bonds. The fraction of sp³-hybridized carbons (Fsp3) is 0.429. The predicted molar refractivity (Wildman–Crippen MR) is 104 cm³/mol. The Kier molecular flexibility index (Phi) is 11.9. The van der Waals surface area contributed by atoms with Crippen LogP contribution in [0.5, 0.6) is 17.2 Å². The van der Waals surface area contributed by atoms with Crippen LogP contribution in [0.3, 0.4) is 0 Å². The molecule has 0 fully saturated rings. The molecule has 0 heterocycles. The minimum absolute atomic E-state index is 0. The maximum atomic E-state index is 12.2. The van der Waals surface area contributed by atoms with Gasteiger partial charge in [-0.05, 0) is 36.6 Å². The van der Waals surface area contributed by atoms with Crippen molar-refractivity contribution >= 4 is 10.1 Å². The van der Waals surface area contributed by atoms with Crippen LogP contribution in [-0.4, -0.2) is 13.0 Å². The minimum Gasteiger partial charge on any atom is -0.872 e. The Labute approximate surface area is 210 Å². The van der Waals surface area contributed by atoms with E-state index in [0.29, 0.717) is 17.7 Å². The van der Waals surface area contributed by atoms with E-state index in [2.05, 4.69) is 6.92 Å². The molecule has 0 aliphatic rings. The third-order valence-electron chi connectivity index (χ3n) is 4.45. The number of hydrogen-bond donors (Lipinski definition) is 1. The maximum absolute atomic E-state index is 12.2. The van der Waals surface area contributed by atoms with Crippen molar-refractivity contribution in [3.63, 3.8) is 0 Å². The largest absolute Gasteiger partial charge is 1.00 e. The Morgan fingerprint density at radius 3 is 2.29 bits per heavy atom. The Morgan fingerprint density at radius 2 is 1.61 bits per heavy atom. The molecule has 0 aliphatic carbocycles. The number of ether oxygens (including phenoxy) is 1. The van der Waals surface area contributed by atoms with Crippen molar-refractivity contribution < 1.29 is 74.2 Å². The van der Waals surface area contributed by atoms with Crippen LogP contribution in [0.15, 0.2) is 47.4 Å². The first kappa shape index (κ1) is 25.6. The van der Waals surface area contributed by atoms with E-state index in [0.717, 1.165) is 19.3 Å². The van der Waals surface area contributed by atoms with Gasteiger partial charge in [0, 0.05) is 6.07 Å². The topological polar surface area (TPSA) is 86.7 Å². The second-order valence-electron chi connectivity index (χ2n) is 6.66. The number of hydrogen-bond acceptors (Lipinski definition) is 4. The SMILES string of the molecule is CCCCCCCCCc1c([O-])cccc1Oc1cccc(S(=O)(=O)O)c1.[K+]. The Hall–Kier alpha value is -0.414. The summed E-state index contributed by atoms with van der Waals surface area (Å²) in [6, 6.07) is 10.4. The molecule has 1 N–H and O–H groups in total. The van der Waals surface area contributed by atoms with E-state index in [4.69, 9.17) is 9.29 Å². The number of unbranched alkanes of at least 4 members (excludes halogenated alkanes) is 6. The fourth-order valence-corrected chi connectivity index (χ4v) is 3.49. The smallest absolute Gasteiger partial charge is 0.872 e. The van der Waals surface area contributed by atoms with Gasteiger partial charge in [0.1, 0.15) is 11.5 Å². The monoisotopic (exact) mass is 430 g/mol. The molecule has 2 aromatic rings. The van der Waals surface area contributed by atoms with Gasteiger partial charge in [-0.15, -0.1) is 5.75 Å². The van der Waals surface area contributed by atoms with Crippen LogP contribution in [-0.2, 0) is 16.5 Å². The van der Waals surface area contributed by atoms with Crippen LogP contribution in [0.2, 0.25) is 0 Å². The van der Waals surface area contributed by atoms with Gasteiger partial charge in [0.05, 0.1) is 4.90 Å². The van der Waals surface area contributed by atoms with Crippen molar-refractivity contribution in [2.24, 2.45) is 0 Å². The summed E-state index contributed by atoms with van der Waals surface area (Å²) in [5.74, 6) is 0.613. The van der Waals surface area contributed by atoms with Crippen molar-refractivity contribution in [2.45, 2.75) is 63.2 Å². The molecule has 7 heteroatoms. The van der Waals surface area contributed by atoms with Crippen LogP contribution < -0.4 is 61.2 Å². The third-order valence-corrected chi connectivity index (χ3v) is 5.30. The first-order chi connectivity index (χ1) is 12.9. The maximum Gasteiger partial charge on any atom is 1.00 e. The Balaban J connectivity index is 0.00000392. The van der Waals surface area contributed by atoms with Crippen molar-refractivity contribution in [1.29, 1.82) is 0 Å². The van der Waals surface area contributed by atoms with Crippen molar-refractivity contribution in [2.75, 3.05) is 0 Å². The molecule has 5 nitrogen and oxygen atoms in total. The molecular formula is C21H27KO5S. The summed E-state index contributed by atoms with van der Waals surface area (Å²) in [5, 5.41) is 12.2. The zero-order valence-corrected chi connectivity index (χ0v) is 20.6. The molecule has 0 atom stereocenters. The Bertz CT molecular complexity index is 836. The molecule has 0 radical (unpaired) electrons. The van der Waals surface area contributed by atoms with Gasteiger partial charge in [-0.2, -0.15) is 8.42 Å². The standard InChI is InChI=1S/C21H28O5S.K/c1-2-3-4-5-6-7-8-13-19-20(22)14-10-15-21(19)26-17-11-9-12-18(16-17)27(23,24)25;/h9-12,14-16,22H,2-8,13H2,1H3,(H,23,24,25);/q;+1/p-1. The van der Waals surface area contributed by atoms with Crippen LogP contribution in [0.25, 0.3) is 0 Å². The van der Waals surface area contributed by atoms with E-state index < -0.39 is 10.1 Å². The molecule has 0 unspecified atom stereocenters. The minimum atomic E-state index is -4.30. The summed E-state index contributed by atoms with van der Waals surface area (Å²) < 4.78 is 37.5. The van der Waals surface area contributed by atoms with Crippen LogP contribution in [0, 0.1) is 0 Å². The van der Waals surface area contributed by atoms with Gasteiger partial charge in [0.25, 0.3) is 10.1 Å². The van der Waals surface area contributed by atoms with Gasteiger partial charge in [-0.25, -0.2) is 0 Å². The average Bonchev–Trinajstić information content (AvgIpc) is 2.62. The zero-order chi connectivity index (χ0) is 19.7. The molecule has 0 saturated heterocycles. The fourth-order valence-electron chi connectivity index (χ4n) is 2.97. The summed E-state index contributed by atoms with van der Waals surface area (Å²) in [6.45, 7) is 2.19. The molecule has 0 aliphatic heterocycles. The molecule has 148 valence electrons. The summed E-state index contributed by atoms with van der Waals surface area (Å²) in [5.41, 5.74) is 0.600. The number of benzene rings is 2. The van der Waals surface area contributed by atoms with Gasteiger partial charge in [-0.3, -0.25) is 4.55 Å².